The molecule has 11 nitrogen and oxygen atoms in total. The molecular formula is C31H43ClN6O5. The largest absolute Gasteiger partial charge is 0.496 e. The highest BCUT2D eigenvalue weighted by Gasteiger charge is 2.34. The first kappa shape index (κ1) is 33.7. The van der Waals surface area contributed by atoms with Crippen LogP contribution >= 0.6 is 11.6 Å². The predicted octanol–water partition coefficient (Wildman–Crippen LogP) is 4.60. The number of nitrogen functional groups attached to an aromatic ring is 1. The van der Waals surface area contributed by atoms with Crippen molar-refractivity contribution in [2.24, 2.45) is 10.9 Å². The lowest BCUT2D eigenvalue weighted by atomic mass is 9.97. The maximum atomic E-state index is 13.9. The van der Waals surface area contributed by atoms with Gasteiger partial charge in [-0.3, -0.25) is 14.7 Å². The van der Waals surface area contributed by atoms with Crippen LogP contribution in [0.5, 0.6) is 5.75 Å². The average molecular weight is 615 g/mol. The van der Waals surface area contributed by atoms with Gasteiger partial charge in [-0.2, -0.15) is 0 Å². The highest BCUT2D eigenvalue weighted by molar-refractivity contribution is 6.30. The van der Waals surface area contributed by atoms with Crippen LogP contribution in [0, 0.1) is 5.92 Å². The molecule has 12 heteroatoms. The van der Waals surface area contributed by atoms with Crippen molar-refractivity contribution < 1.29 is 23.9 Å². The first-order valence-electron chi connectivity index (χ1n) is 14.3. The molecule has 4 N–H and O–H groups in total. The zero-order valence-corrected chi connectivity index (χ0v) is 26.7. The van der Waals surface area contributed by atoms with Crippen LogP contribution in [0.1, 0.15) is 68.1 Å². The quantitative estimate of drug-likeness (QED) is 0.212. The van der Waals surface area contributed by atoms with E-state index in [1.54, 1.807) is 83.4 Å². The maximum absolute atomic E-state index is 13.9. The minimum absolute atomic E-state index is 0.0371. The fraction of sp³-hybridized carbons (Fsp3) is 0.484. The van der Waals surface area contributed by atoms with E-state index in [9.17, 15) is 14.4 Å². The summed E-state index contributed by atoms with van der Waals surface area (Å²) in [5.74, 6) is -0.442. The molecule has 43 heavy (non-hydrogen) atoms. The number of nitrogens with one attached hydrogen (secondary N) is 2. The summed E-state index contributed by atoms with van der Waals surface area (Å²) in [6.07, 6.45) is 1.61. The Morgan fingerprint density at radius 3 is 2.53 bits per heavy atom. The van der Waals surface area contributed by atoms with Gasteiger partial charge in [0, 0.05) is 24.8 Å². The van der Waals surface area contributed by atoms with Gasteiger partial charge in [0.05, 0.1) is 37.7 Å². The summed E-state index contributed by atoms with van der Waals surface area (Å²) < 4.78 is 10.9. The molecule has 2 atom stereocenters. The molecule has 2 aromatic carbocycles. The number of rotatable bonds is 9. The zero-order chi connectivity index (χ0) is 31.9. The lowest BCUT2D eigenvalue weighted by molar-refractivity contribution is -0.131. The standard InChI is InChI=1S/C31H43ClN6O5/c1-8-9-25(19-10-12-23(24(33)16-19)29(40)43-31(2,3)4)35-30(41)38-18-27(36-37(5)6)34-17-21(28(38)39)14-20-15-22(32)11-13-26(20)42-7/h10-13,15-16,21,25H,8-9,14,17-18,33H2,1-7H3,(H,34,36)(H,35,41)/t21-,25+/m0/s1. The molecule has 1 aliphatic heterocycles. The molecule has 0 saturated carbocycles. The summed E-state index contributed by atoms with van der Waals surface area (Å²) in [5.41, 5.74) is 10.6. The number of amides is 3. The van der Waals surface area contributed by atoms with E-state index in [-0.39, 0.29) is 36.7 Å². The van der Waals surface area contributed by atoms with Gasteiger partial charge in [0.25, 0.3) is 0 Å². The van der Waals surface area contributed by atoms with Gasteiger partial charge in [0.15, 0.2) is 0 Å². The molecule has 0 unspecified atom stereocenters. The lowest BCUT2D eigenvalue weighted by Gasteiger charge is -2.27. The maximum Gasteiger partial charge on any atom is 0.340 e. The van der Waals surface area contributed by atoms with Gasteiger partial charge in [0.2, 0.25) is 5.91 Å². The van der Waals surface area contributed by atoms with Crippen LogP contribution in [0.3, 0.4) is 0 Å². The van der Waals surface area contributed by atoms with Crippen LogP contribution in [0.15, 0.2) is 41.4 Å². The molecule has 0 aliphatic carbocycles. The number of esters is 1. The number of hydrazine groups is 1. The second kappa shape index (κ2) is 14.6. The van der Waals surface area contributed by atoms with E-state index in [1.807, 2.05) is 6.92 Å². The van der Waals surface area contributed by atoms with Crippen molar-refractivity contribution >= 4 is 41.0 Å². The fourth-order valence-corrected chi connectivity index (χ4v) is 4.97. The monoisotopic (exact) mass is 614 g/mol. The number of hydrogen-bond donors (Lipinski definition) is 3. The number of nitrogens with zero attached hydrogens (tertiary/aromatic N) is 3. The van der Waals surface area contributed by atoms with E-state index in [1.165, 1.54) is 4.90 Å². The van der Waals surface area contributed by atoms with E-state index >= 15 is 0 Å². The molecule has 1 aliphatic rings. The molecule has 0 saturated heterocycles. The topological polar surface area (TPSA) is 139 Å². The highest BCUT2D eigenvalue weighted by atomic mass is 35.5. The number of aliphatic imine (C=N–C) groups is 1. The summed E-state index contributed by atoms with van der Waals surface area (Å²) in [6, 6.07) is 9.22. The Morgan fingerprint density at radius 1 is 1.21 bits per heavy atom. The van der Waals surface area contributed by atoms with Gasteiger partial charge < -0.3 is 25.9 Å². The van der Waals surface area contributed by atoms with Gasteiger partial charge >= 0.3 is 12.0 Å². The first-order valence-corrected chi connectivity index (χ1v) is 14.6. The second-order valence-corrected chi connectivity index (χ2v) is 12.2. The van der Waals surface area contributed by atoms with Crippen LogP contribution < -0.4 is 21.2 Å². The predicted molar refractivity (Wildman–Crippen MR) is 168 cm³/mol. The molecule has 0 radical (unpaired) electrons. The molecule has 3 amide bonds. The van der Waals surface area contributed by atoms with Gasteiger partial charge in [-0.05, 0) is 75.1 Å². The van der Waals surface area contributed by atoms with Crippen molar-refractivity contribution in [3.05, 3.63) is 58.1 Å². The fourth-order valence-electron chi connectivity index (χ4n) is 4.78. The molecule has 0 fully saturated rings. The lowest BCUT2D eigenvalue weighted by Crippen LogP contribution is -2.51. The molecule has 1 heterocycles. The molecule has 234 valence electrons. The third kappa shape index (κ3) is 9.33. The minimum Gasteiger partial charge on any atom is -0.496 e. The molecular weight excluding hydrogens is 572 g/mol. The van der Waals surface area contributed by atoms with E-state index in [0.717, 1.165) is 12.0 Å². The number of nitrogens with two attached hydrogens (primary N) is 1. The van der Waals surface area contributed by atoms with E-state index in [4.69, 9.17) is 26.8 Å². The first-order chi connectivity index (χ1) is 20.2. The van der Waals surface area contributed by atoms with Gasteiger partial charge in [0.1, 0.15) is 17.2 Å². The van der Waals surface area contributed by atoms with Crippen LogP contribution in [-0.4, -0.2) is 73.5 Å². The zero-order valence-electron chi connectivity index (χ0n) is 26.0. The summed E-state index contributed by atoms with van der Waals surface area (Å²) in [4.78, 5) is 46.1. The number of ether oxygens (including phenoxy) is 2. The van der Waals surface area contributed by atoms with E-state index < -0.39 is 29.6 Å². The van der Waals surface area contributed by atoms with Gasteiger partial charge in [-0.25, -0.2) is 14.6 Å². The highest BCUT2D eigenvalue weighted by Crippen LogP contribution is 2.28. The van der Waals surface area contributed by atoms with Crippen LogP contribution in [0.2, 0.25) is 5.02 Å². The second-order valence-electron chi connectivity index (χ2n) is 11.7. The summed E-state index contributed by atoms with van der Waals surface area (Å²) in [5, 5.41) is 5.24. The molecule has 0 aromatic heterocycles. The van der Waals surface area contributed by atoms with E-state index in [2.05, 4.69) is 15.7 Å². The van der Waals surface area contributed by atoms with Crippen molar-refractivity contribution in [3.63, 3.8) is 0 Å². The van der Waals surface area contributed by atoms with Crippen LogP contribution in [0.4, 0.5) is 10.5 Å². The Hall–Kier alpha value is -3.83. The molecule has 0 spiro atoms. The molecule has 2 aromatic rings. The Labute approximate surface area is 258 Å². The normalized spacial score (nSPS) is 16.3. The number of carbonyl (C=O) groups is 3. The van der Waals surface area contributed by atoms with E-state index in [0.29, 0.717) is 28.6 Å². The summed E-state index contributed by atoms with van der Waals surface area (Å²) in [7, 11) is 5.16. The third-order valence-corrected chi connectivity index (χ3v) is 6.94. The van der Waals surface area contributed by atoms with Crippen molar-refractivity contribution in [1.29, 1.82) is 0 Å². The number of amidine groups is 1. The van der Waals surface area contributed by atoms with Crippen molar-refractivity contribution in [2.75, 3.05) is 40.0 Å². The number of urea groups is 1. The number of halogens is 1. The average Bonchev–Trinajstić information content (AvgIpc) is 3.06. The van der Waals surface area contributed by atoms with Gasteiger partial charge in [-0.15, -0.1) is 0 Å². The number of hydrogen-bond acceptors (Lipinski definition) is 9. The summed E-state index contributed by atoms with van der Waals surface area (Å²) in [6.45, 7) is 7.49. The number of imide groups is 1. The minimum atomic E-state index is -0.667. The van der Waals surface area contributed by atoms with Crippen molar-refractivity contribution in [3.8, 4) is 5.75 Å². The Bertz CT molecular complexity index is 1360. The van der Waals surface area contributed by atoms with Crippen molar-refractivity contribution in [2.45, 2.75) is 58.6 Å². The number of carbonyl (C=O) groups excluding carboxylic acids is 3. The smallest absolute Gasteiger partial charge is 0.340 e. The number of benzene rings is 2. The Balaban J connectivity index is 1.88. The summed E-state index contributed by atoms with van der Waals surface area (Å²) >= 11 is 6.24. The number of anilines is 1. The number of methoxy groups -OCH3 is 1. The van der Waals surface area contributed by atoms with Crippen molar-refractivity contribution in [1.82, 2.24) is 20.7 Å². The van der Waals surface area contributed by atoms with Crippen LogP contribution in [0.25, 0.3) is 0 Å². The SMILES string of the molecule is CCC[C@@H](NC(=O)N1CC(NN(C)C)=NC[C@H](Cc2cc(Cl)ccc2OC)C1=O)c1ccc(C(=O)OC(C)(C)C)c(N)c1. The molecule has 0 bridgehead atoms. The Kier molecular flexibility index (Phi) is 11.4. The Morgan fingerprint density at radius 2 is 1.93 bits per heavy atom. The third-order valence-electron chi connectivity index (χ3n) is 6.70. The van der Waals surface area contributed by atoms with Gasteiger partial charge in [-0.1, -0.05) is 31.0 Å². The molecule has 3 rings (SSSR count). The van der Waals surface area contributed by atoms with Crippen LogP contribution in [-0.2, 0) is 16.0 Å².